The van der Waals surface area contributed by atoms with Crippen molar-refractivity contribution in [1.82, 2.24) is 14.6 Å². The van der Waals surface area contributed by atoms with E-state index in [1.54, 1.807) is 22.7 Å². The molecule has 3 rings (SSSR count). The van der Waals surface area contributed by atoms with Crippen LogP contribution in [0.5, 0.6) is 0 Å². The smallest absolute Gasteiger partial charge is 0.255 e. The summed E-state index contributed by atoms with van der Waals surface area (Å²) in [5.41, 5.74) is 1.44. The summed E-state index contributed by atoms with van der Waals surface area (Å²) in [5.74, 6) is 0.391. The van der Waals surface area contributed by atoms with E-state index >= 15 is 0 Å². The van der Waals surface area contributed by atoms with Crippen LogP contribution >= 0.6 is 0 Å². The number of nitrogens with one attached hydrogen (secondary N) is 1. The van der Waals surface area contributed by atoms with Gasteiger partial charge in [-0.2, -0.15) is 0 Å². The fourth-order valence-corrected chi connectivity index (χ4v) is 2.60. The van der Waals surface area contributed by atoms with Gasteiger partial charge in [-0.05, 0) is 43.3 Å². The number of pyridine rings is 1. The second-order valence-electron chi connectivity index (χ2n) is 4.91. The maximum atomic E-state index is 12.2. The van der Waals surface area contributed by atoms with E-state index in [9.17, 15) is 13.2 Å². The first-order valence-corrected chi connectivity index (χ1v) is 8.15. The molecule has 3 N–H and O–H groups in total. The maximum Gasteiger partial charge on any atom is 0.255 e. The van der Waals surface area contributed by atoms with Gasteiger partial charge in [0.05, 0.1) is 4.90 Å². The number of fused-ring (bicyclic) bond motifs is 1. The predicted octanol–water partition coefficient (Wildman–Crippen LogP) is 0.937. The standard InChI is InChI=1S/C14H13N5O3S/c1-9-17-18-13-8-10(6-7-19(9)13)14(20)16-11-2-4-12(5-3-11)23(15,21)22/h2-8H,1H3,(H,16,20)(H2,15,21,22). The normalized spacial score (nSPS) is 11.6. The minimum atomic E-state index is -3.75. The largest absolute Gasteiger partial charge is 0.322 e. The Hall–Kier alpha value is -2.78. The summed E-state index contributed by atoms with van der Waals surface area (Å²) < 4.78 is 24.1. The minimum Gasteiger partial charge on any atom is -0.322 e. The molecule has 0 aliphatic carbocycles. The second-order valence-corrected chi connectivity index (χ2v) is 6.48. The molecule has 23 heavy (non-hydrogen) atoms. The van der Waals surface area contributed by atoms with Crippen LogP contribution in [0.25, 0.3) is 5.65 Å². The van der Waals surface area contributed by atoms with Crippen molar-refractivity contribution in [1.29, 1.82) is 0 Å². The molecule has 0 saturated heterocycles. The molecule has 0 spiro atoms. The second kappa shape index (κ2) is 5.45. The van der Waals surface area contributed by atoms with E-state index in [0.29, 0.717) is 16.9 Å². The van der Waals surface area contributed by atoms with Gasteiger partial charge in [-0.3, -0.25) is 9.20 Å². The lowest BCUT2D eigenvalue weighted by Crippen LogP contribution is -2.14. The van der Waals surface area contributed by atoms with E-state index in [2.05, 4.69) is 15.5 Å². The van der Waals surface area contributed by atoms with Gasteiger partial charge in [-0.25, -0.2) is 13.6 Å². The van der Waals surface area contributed by atoms with E-state index in [0.717, 1.165) is 5.82 Å². The number of aryl methyl sites for hydroxylation is 1. The lowest BCUT2D eigenvalue weighted by Gasteiger charge is -2.06. The molecule has 1 amide bonds. The number of carbonyl (C=O) groups excluding carboxylic acids is 1. The number of carbonyl (C=O) groups is 1. The van der Waals surface area contributed by atoms with E-state index in [1.807, 2.05) is 6.92 Å². The van der Waals surface area contributed by atoms with Crippen LogP contribution in [0.15, 0.2) is 47.5 Å². The average Bonchev–Trinajstić information content (AvgIpc) is 2.88. The van der Waals surface area contributed by atoms with Crippen LogP contribution in [0.4, 0.5) is 5.69 Å². The molecule has 8 nitrogen and oxygen atoms in total. The third kappa shape index (κ3) is 3.05. The van der Waals surface area contributed by atoms with Crippen molar-refractivity contribution in [3.63, 3.8) is 0 Å². The molecule has 2 aromatic heterocycles. The lowest BCUT2D eigenvalue weighted by molar-refractivity contribution is 0.102. The summed E-state index contributed by atoms with van der Waals surface area (Å²) in [5, 5.41) is 15.6. The summed E-state index contributed by atoms with van der Waals surface area (Å²) in [4.78, 5) is 12.2. The van der Waals surface area contributed by atoms with Gasteiger partial charge in [0, 0.05) is 17.4 Å². The fourth-order valence-electron chi connectivity index (χ4n) is 2.08. The van der Waals surface area contributed by atoms with Crippen molar-refractivity contribution >= 4 is 27.3 Å². The number of anilines is 1. The van der Waals surface area contributed by atoms with E-state index < -0.39 is 10.0 Å². The Morgan fingerprint density at radius 1 is 1.17 bits per heavy atom. The molecular formula is C14H13N5O3S. The zero-order chi connectivity index (χ0) is 16.6. The number of rotatable bonds is 3. The number of amides is 1. The lowest BCUT2D eigenvalue weighted by atomic mass is 10.2. The third-order valence-electron chi connectivity index (χ3n) is 3.28. The number of nitrogens with two attached hydrogens (primary N) is 1. The van der Waals surface area contributed by atoms with Crippen LogP contribution in [0, 0.1) is 6.92 Å². The highest BCUT2D eigenvalue weighted by Crippen LogP contribution is 2.14. The number of nitrogens with zero attached hydrogens (tertiary/aromatic N) is 3. The summed E-state index contributed by atoms with van der Waals surface area (Å²) >= 11 is 0. The molecule has 3 aromatic rings. The Bertz CT molecular complexity index is 993. The van der Waals surface area contributed by atoms with Gasteiger partial charge in [0.15, 0.2) is 5.65 Å². The summed E-state index contributed by atoms with van der Waals surface area (Å²) in [7, 11) is -3.75. The minimum absolute atomic E-state index is 0.0177. The Labute approximate surface area is 132 Å². The molecule has 0 unspecified atom stereocenters. The Balaban J connectivity index is 1.82. The third-order valence-corrected chi connectivity index (χ3v) is 4.21. The molecule has 1 aromatic carbocycles. The van der Waals surface area contributed by atoms with Crippen LogP contribution in [0.3, 0.4) is 0 Å². The highest BCUT2D eigenvalue weighted by molar-refractivity contribution is 7.89. The van der Waals surface area contributed by atoms with Crippen molar-refractivity contribution in [3.05, 3.63) is 54.0 Å². The van der Waals surface area contributed by atoms with Gasteiger partial charge < -0.3 is 5.32 Å². The van der Waals surface area contributed by atoms with Crippen molar-refractivity contribution in [2.45, 2.75) is 11.8 Å². The summed E-state index contributed by atoms with van der Waals surface area (Å²) in [6.45, 7) is 1.81. The quantitative estimate of drug-likeness (QED) is 0.740. The zero-order valence-electron chi connectivity index (χ0n) is 12.1. The van der Waals surface area contributed by atoms with Gasteiger partial charge in [0.1, 0.15) is 5.82 Å². The first kappa shape index (κ1) is 15.1. The molecule has 0 bridgehead atoms. The molecule has 2 heterocycles. The number of primary sulfonamides is 1. The van der Waals surface area contributed by atoms with Crippen molar-refractivity contribution in [2.75, 3.05) is 5.32 Å². The van der Waals surface area contributed by atoms with Gasteiger partial charge in [0.2, 0.25) is 10.0 Å². The van der Waals surface area contributed by atoms with Crippen molar-refractivity contribution in [2.24, 2.45) is 5.14 Å². The SMILES string of the molecule is Cc1nnc2cc(C(=O)Nc3ccc(S(N)(=O)=O)cc3)ccn12. The van der Waals surface area contributed by atoms with Crippen LogP contribution in [-0.2, 0) is 10.0 Å². The Morgan fingerprint density at radius 2 is 1.87 bits per heavy atom. The van der Waals surface area contributed by atoms with E-state index in [-0.39, 0.29) is 10.8 Å². The molecule has 0 fully saturated rings. The van der Waals surface area contributed by atoms with Gasteiger partial charge in [-0.15, -0.1) is 10.2 Å². The van der Waals surface area contributed by atoms with Gasteiger partial charge in [0.25, 0.3) is 5.91 Å². The van der Waals surface area contributed by atoms with Crippen molar-refractivity contribution in [3.8, 4) is 0 Å². The van der Waals surface area contributed by atoms with Gasteiger partial charge >= 0.3 is 0 Å². The zero-order valence-corrected chi connectivity index (χ0v) is 12.9. The number of hydrogen-bond donors (Lipinski definition) is 2. The first-order chi connectivity index (χ1) is 10.8. The highest BCUT2D eigenvalue weighted by atomic mass is 32.2. The van der Waals surface area contributed by atoms with Crippen molar-refractivity contribution < 1.29 is 13.2 Å². The molecule has 118 valence electrons. The number of hydrogen-bond acceptors (Lipinski definition) is 5. The first-order valence-electron chi connectivity index (χ1n) is 6.60. The van der Waals surface area contributed by atoms with Crippen LogP contribution in [0.1, 0.15) is 16.2 Å². The summed E-state index contributed by atoms with van der Waals surface area (Å²) in [6.07, 6.45) is 1.71. The maximum absolute atomic E-state index is 12.2. The molecule has 0 aliphatic rings. The van der Waals surface area contributed by atoms with Gasteiger partial charge in [-0.1, -0.05) is 0 Å². The van der Waals surface area contributed by atoms with Crippen LogP contribution in [-0.4, -0.2) is 28.9 Å². The molecule has 0 radical (unpaired) electrons. The fraction of sp³-hybridized carbons (Fsp3) is 0.0714. The van der Waals surface area contributed by atoms with Crippen LogP contribution < -0.4 is 10.5 Å². The highest BCUT2D eigenvalue weighted by Gasteiger charge is 2.11. The number of benzene rings is 1. The topological polar surface area (TPSA) is 119 Å². The monoisotopic (exact) mass is 331 g/mol. The average molecular weight is 331 g/mol. The van der Waals surface area contributed by atoms with E-state index in [4.69, 9.17) is 5.14 Å². The number of sulfonamides is 1. The van der Waals surface area contributed by atoms with Crippen LogP contribution in [0.2, 0.25) is 0 Å². The molecule has 9 heteroatoms. The molecule has 0 atom stereocenters. The summed E-state index contributed by atoms with van der Waals surface area (Å²) in [6, 6.07) is 8.87. The Kier molecular flexibility index (Phi) is 3.58. The molecular weight excluding hydrogens is 318 g/mol. The molecule has 0 aliphatic heterocycles. The molecule has 0 saturated carbocycles. The number of aromatic nitrogens is 3. The van der Waals surface area contributed by atoms with E-state index in [1.165, 1.54) is 24.3 Å². The predicted molar refractivity (Wildman–Crippen MR) is 83.5 cm³/mol. The Morgan fingerprint density at radius 3 is 2.52 bits per heavy atom.